The first kappa shape index (κ1) is 17.0. The first-order valence-electron chi connectivity index (χ1n) is 8.37. The molecule has 0 atom stereocenters. The molecule has 0 spiro atoms. The Morgan fingerprint density at radius 2 is 1.61 bits per heavy atom. The minimum atomic E-state index is 0.517. The maximum Gasteiger partial charge on any atom is 0.205 e. The van der Waals surface area contributed by atoms with Crippen LogP contribution in [-0.4, -0.2) is 16.6 Å². The van der Waals surface area contributed by atoms with E-state index in [9.17, 15) is 0 Å². The van der Waals surface area contributed by atoms with Crippen molar-refractivity contribution in [3.63, 3.8) is 0 Å². The molecule has 2 rings (SSSR count). The predicted octanol–water partition coefficient (Wildman–Crippen LogP) is 4.40. The van der Waals surface area contributed by atoms with Crippen molar-refractivity contribution < 1.29 is 4.74 Å². The second-order valence-corrected chi connectivity index (χ2v) is 5.49. The van der Waals surface area contributed by atoms with Crippen LogP contribution in [0.4, 0.5) is 0 Å². The molecular formula is C20H24N2O. The number of ether oxygens (including phenoxy) is 1. The fraction of sp³-hybridized carbons (Fsp3) is 0.400. The molecule has 0 aliphatic heterocycles. The van der Waals surface area contributed by atoms with Gasteiger partial charge in [-0.2, -0.15) is 0 Å². The number of hydrogen-bond donors (Lipinski definition) is 0. The summed E-state index contributed by atoms with van der Waals surface area (Å²) in [6.07, 6.45) is 9.09. The zero-order valence-corrected chi connectivity index (χ0v) is 14.0. The number of aromatic nitrogens is 2. The number of aryl methyl sites for hydroxylation is 1. The van der Waals surface area contributed by atoms with Crippen molar-refractivity contribution in [3.8, 4) is 17.6 Å². The van der Waals surface area contributed by atoms with Gasteiger partial charge in [-0.1, -0.05) is 44.7 Å². The quantitative estimate of drug-likeness (QED) is 0.562. The Bertz CT molecular complexity index is 636. The van der Waals surface area contributed by atoms with Crippen molar-refractivity contribution in [2.75, 3.05) is 6.61 Å². The van der Waals surface area contributed by atoms with Gasteiger partial charge in [0.15, 0.2) is 5.75 Å². The van der Waals surface area contributed by atoms with E-state index in [1.807, 2.05) is 0 Å². The maximum atomic E-state index is 5.54. The van der Waals surface area contributed by atoms with E-state index in [4.69, 9.17) is 4.74 Å². The summed E-state index contributed by atoms with van der Waals surface area (Å²) in [5.41, 5.74) is 2.35. The largest absolute Gasteiger partial charge is 0.490 e. The molecular weight excluding hydrogens is 284 g/mol. The molecule has 0 saturated heterocycles. The van der Waals surface area contributed by atoms with Crippen molar-refractivity contribution in [3.05, 3.63) is 53.6 Å². The van der Waals surface area contributed by atoms with E-state index < -0.39 is 0 Å². The number of nitrogens with zero attached hydrogens (tertiary/aromatic N) is 2. The highest BCUT2D eigenvalue weighted by Crippen LogP contribution is 2.08. The van der Waals surface area contributed by atoms with Crippen LogP contribution >= 0.6 is 0 Å². The van der Waals surface area contributed by atoms with Crippen LogP contribution in [0.1, 0.15) is 56.5 Å². The summed E-state index contributed by atoms with van der Waals surface area (Å²) < 4.78 is 5.54. The van der Waals surface area contributed by atoms with Crippen LogP contribution in [0.3, 0.4) is 0 Å². The molecule has 0 radical (unpaired) electrons. The molecule has 120 valence electrons. The summed E-state index contributed by atoms with van der Waals surface area (Å²) in [6.45, 7) is 5.05. The van der Waals surface area contributed by atoms with Gasteiger partial charge in [0.25, 0.3) is 0 Å². The highest BCUT2D eigenvalue weighted by molar-refractivity contribution is 5.39. The molecule has 0 unspecified atom stereocenters. The summed E-state index contributed by atoms with van der Waals surface area (Å²) in [7, 11) is 0. The van der Waals surface area contributed by atoms with Crippen LogP contribution in [0.5, 0.6) is 5.75 Å². The summed E-state index contributed by atoms with van der Waals surface area (Å²) >= 11 is 0. The number of hydrogen-bond acceptors (Lipinski definition) is 3. The Kier molecular flexibility index (Phi) is 7.13. The summed E-state index contributed by atoms with van der Waals surface area (Å²) in [5.74, 6) is 7.31. The molecule has 0 bridgehead atoms. The molecule has 0 N–H and O–H groups in total. The monoisotopic (exact) mass is 308 g/mol. The standard InChI is InChI=1S/C20H24N2O/c1-3-5-7-17-8-10-18(11-9-17)12-13-20-21-15-19(16-22-20)23-14-6-4-2/h8-11,15-16H,3-7,14H2,1-2H3. The van der Waals surface area contributed by atoms with E-state index >= 15 is 0 Å². The van der Waals surface area contributed by atoms with Crippen LogP contribution in [0.15, 0.2) is 36.7 Å². The highest BCUT2D eigenvalue weighted by atomic mass is 16.5. The molecule has 1 aromatic heterocycles. The highest BCUT2D eigenvalue weighted by Gasteiger charge is 1.96. The first-order valence-corrected chi connectivity index (χ1v) is 8.37. The van der Waals surface area contributed by atoms with Gasteiger partial charge in [-0.25, -0.2) is 9.97 Å². The van der Waals surface area contributed by atoms with Crippen molar-refractivity contribution in [2.24, 2.45) is 0 Å². The first-order chi connectivity index (χ1) is 11.3. The molecule has 0 aliphatic carbocycles. The van der Waals surface area contributed by atoms with Gasteiger partial charge in [0, 0.05) is 5.56 Å². The van der Waals surface area contributed by atoms with E-state index in [-0.39, 0.29) is 0 Å². The van der Waals surface area contributed by atoms with Crippen molar-refractivity contribution in [1.29, 1.82) is 0 Å². The SMILES string of the molecule is CCCCOc1cnc(C#Cc2ccc(CCCC)cc2)nc1. The summed E-state index contributed by atoms with van der Waals surface area (Å²) in [5, 5.41) is 0. The van der Waals surface area contributed by atoms with Crippen LogP contribution in [-0.2, 0) is 6.42 Å². The van der Waals surface area contributed by atoms with Crippen molar-refractivity contribution in [1.82, 2.24) is 9.97 Å². The molecule has 1 heterocycles. The Balaban J connectivity index is 1.93. The lowest BCUT2D eigenvalue weighted by Gasteiger charge is -2.03. The van der Waals surface area contributed by atoms with Gasteiger partial charge in [-0.05, 0) is 42.9 Å². The Morgan fingerprint density at radius 1 is 0.913 bits per heavy atom. The second kappa shape index (κ2) is 9.63. The normalized spacial score (nSPS) is 10.0. The molecule has 3 heteroatoms. The molecule has 2 aromatic rings. The van der Waals surface area contributed by atoms with E-state index in [0.717, 1.165) is 24.8 Å². The lowest BCUT2D eigenvalue weighted by molar-refractivity contribution is 0.307. The van der Waals surface area contributed by atoms with Gasteiger partial charge < -0.3 is 4.74 Å². The van der Waals surface area contributed by atoms with E-state index in [1.165, 1.54) is 18.4 Å². The van der Waals surface area contributed by atoms with Crippen LogP contribution < -0.4 is 4.74 Å². The average Bonchev–Trinajstić information content (AvgIpc) is 2.60. The zero-order valence-electron chi connectivity index (χ0n) is 14.0. The molecule has 0 fully saturated rings. The molecule has 1 aromatic carbocycles. The van der Waals surface area contributed by atoms with Gasteiger partial charge in [0.1, 0.15) is 0 Å². The van der Waals surface area contributed by atoms with Crippen LogP contribution in [0.25, 0.3) is 0 Å². The molecule has 0 saturated carbocycles. The Morgan fingerprint density at radius 3 is 2.26 bits per heavy atom. The second-order valence-electron chi connectivity index (χ2n) is 5.49. The molecule has 23 heavy (non-hydrogen) atoms. The van der Waals surface area contributed by atoms with Gasteiger partial charge in [-0.3, -0.25) is 0 Å². The maximum absolute atomic E-state index is 5.54. The van der Waals surface area contributed by atoms with E-state index in [1.54, 1.807) is 12.4 Å². The lowest BCUT2D eigenvalue weighted by atomic mass is 10.1. The van der Waals surface area contributed by atoms with Crippen LogP contribution in [0.2, 0.25) is 0 Å². The van der Waals surface area contributed by atoms with Gasteiger partial charge in [0.05, 0.1) is 19.0 Å². The van der Waals surface area contributed by atoms with E-state index in [2.05, 4.69) is 59.9 Å². The third kappa shape index (κ3) is 6.12. The number of benzene rings is 1. The summed E-state index contributed by atoms with van der Waals surface area (Å²) in [4.78, 5) is 8.44. The average molecular weight is 308 g/mol. The third-order valence-corrected chi connectivity index (χ3v) is 3.49. The fourth-order valence-electron chi connectivity index (χ4n) is 2.05. The summed E-state index contributed by atoms with van der Waals surface area (Å²) in [6, 6.07) is 8.40. The zero-order chi connectivity index (χ0) is 16.3. The third-order valence-electron chi connectivity index (χ3n) is 3.49. The van der Waals surface area contributed by atoms with Gasteiger partial charge >= 0.3 is 0 Å². The number of rotatable bonds is 7. The fourth-order valence-corrected chi connectivity index (χ4v) is 2.05. The topological polar surface area (TPSA) is 35.0 Å². The van der Waals surface area contributed by atoms with Gasteiger partial charge in [-0.15, -0.1) is 0 Å². The molecule has 0 aliphatic rings. The van der Waals surface area contributed by atoms with Crippen molar-refractivity contribution in [2.45, 2.75) is 46.0 Å². The Hall–Kier alpha value is -2.34. The van der Waals surface area contributed by atoms with Crippen molar-refractivity contribution >= 4 is 0 Å². The van der Waals surface area contributed by atoms with E-state index in [0.29, 0.717) is 18.2 Å². The minimum absolute atomic E-state index is 0.517. The predicted molar refractivity (Wildman–Crippen MR) is 93.5 cm³/mol. The smallest absolute Gasteiger partial charge is 0.205 e. The van der Waals surface area contributed by atoms with Crippen LogP contribution in [0, 0.1) is 11.8 Å². The lowest BCUT2D eigenvalue weighted by Crippen LogP contribution is -1.98. The number of unbranched alkanes of at least 4 members (excludes halogenated alkanes) is 2. The Labute approximate surface area is 139 Å². The van der Waals surface area contributed by atoms with Gasteiger partial charge in [0.2, 0.25) is 5.82 Å². The molecule has 3 nitrogen and oxygen atoms in total. The minimum Gasteiger partial charge on any atom is -0.490 e. The molecule has 0 amide bonds.